The first kappa shape index (κ1) is 13.8. The van der Waals surface area contributed by atoms with Gasteiger partial charge in [-0.2, -0.15) is 13.2 Å². The fourth-order valence-electron chi connectivity index (χ4n) is 1.38. The smallest absolute Gasteiger partial charge is 0.392 e. The Hall–Kier alpha value is -1.31. The van der Waals surface area contributed by atoms with Gasteiger partial charge in [0.15, 0.2) is 6.10 Å². The summed E-state index contributed by atoms with van der Waals surface area (Å²) in [4.78, 5) is 21.9. The summed E-state index contributed by atoms with van der Waals surface area (Å²) in [6.07, 6.45) is -6.94. The van der Waals surface area contributed by atoms with Gasteiger partial charge in [-0.25, -0.2) is 4.79 Å². The summed E-state index contributed by atoms with van der Waals surface area (Å²) in [5.41, 5.74) is 4.95. The number of primary amides is 1. The summed E-state index contributed by atoms with van der Waals surface area (Å²) >= 11 is 0. The van der Waals surface area contributed by atoms with Gasteiger partial charge in [-0.1, -0.05) is 0 Å². The lowest BCUT2D eigenvalue weighted by molar-refractivity contribution is -0.167. The van der Waals surface area contributed by atoms with Gasteiger partial charge in [0.05, 0.1) is 6.42 Å². The minimum absolute atomic E-state index is 0.221. The Morgan fingerprint density at radius 3 is 2.35 bits per heavy atom. The first-order valence-corrected chi connectivity index (χ1v) is 4.98. The largest absolute Gasteiger partial charge is 0.463 e. The van der Waals surface area contributed by atoms with E-state index in [0.717, 1.165) is 0 Å². The van der Waals surface area contributed by atoms with Gasteiger partial charge in [-0.05, 0) is 12.8 Å². The van der Waals surface area contributed by atoms with E-state index in [4.69, 9.17) is 10.5 Å². The van der Waals surface area contributed by atoms with Gasteiger partial charge in [0.1, 0.15) is 12.7 Å². The molecule has 17 heavy (non-hydrogen) atoms. The lowest BCUT2D eigenvalue weighted by Crippen LogP contribution is -2.31. The Labute approximate surface area is 95.0 Å². The molecule has 0 unspecified atom stereocenters. The average molecular weight is 255 g/mol. The molecule has 0 saturated carbocycles. The Kier molecular flexibility index (Phi) is 4.33. The van der Waals surface area contributed by atoms with Crippen LogP contribution in [0, 0.1) is 0 Å². The molecule has 2 N–H and O–H groups in total. The molecule has 1 rings (SSSR count). The standard InChI is InChI=1S/C9H12F3NO4/c10-9(11,12)3-4-16-8(15)6-2-1-5(17-6)7(13)14/h5-6H,1-4H2,(H2,13,14)/t5-,6+/m1/s1. The monoisotopic (exact) mass is 255 g/mol. The minimum atomic E-state index is -4.37. The summed E-state index contributed by atoms with van der Waals surface area (Å²) in [7, 11) is 0. The molecule has 1 aliphatic rings. The Morgan fingerprint density at radius 1 is 1.29 bits per heavy atom. The van der Waals surface area contributed by atoms with E-state index in [1.54, 1.807) is 0 Å². The molecule has 1 saturated heterocycles. The Morgan fingerprint density at radius 2 is 1.88 bits per heavy atom. The second kappa shape index (κ2) is 5.35. The van der Waals surface area contributed by atoms with Crippen molar-refractivity contribution >= 4 is 11.9 Å². The molecule has 0 bridgehead atoms. The van der Waals surface area contributed by atoms with Crippen LogP contribution in [0.2, 0.25) is 0 Å². The van der Waals surface area contributed by atoms with E-state index in [9.17, 15) is 22.8 Å². The highest BCUT2D eigenvalue weighted by molar-refractivity contribution is 5.81. The summed E-state index contributed by atoms with van der Waals surface area (Å²) in [6, 6.07) is 0. The van der Waals surface area contributed by atoms with Crippen LogP contribution in [-0.2, 0) is 19.1 Å². The predicted molar refractivity (Wildman–Crippen MR) is 48.7 cm³/mol. The van der Waals surface area contributed by atoms with Crippen molar-refractivity contribution in [1.82, 2.24) is 0 Å². The van der Waals surface area contributed by atoms with Crippen molar-refractivity contribution in [3.05, 3.63) is 0 Å². The third-order valence-corrected chi connectivity index (χ3v) is 2.23. The van der Waals surface area contributed by atoms with Crippen LogP contribution >= 0.6 is 0 Å². The predicted octanol–water partition coefficient (Wildman–Crippen LogP) is 0.515. The van der Waals surface area contributed by atoms with E-state index >= 15 is 0 Å². The van der Waals surface area contributed by atoms with Crippen LogP contribution in [0.25, 0.3) is 0 Å². The van der Waals surface area contributed by atoms with Crippen LogP contribution < -0.4 is 5.73 Å². The van der Waals surface area contributed by atoms with Crippen LogP contribution in [0.5, 0.6) is 0 Å². The minimum Gasteiger partial charge on any atom is -0.463 e. The number of rotatable bonds is 4. The van der Waals surface area contributed by atoms with Gasteiger partial charge in [-0.15, -0.1) is 0 Å². The maximum Gasteiger partial charge on any atom is 0.392 e. The SMILES string of the molecule is NC(=O)[C@H]1CC[C@@H](C(=O)OCCC(F)(F)F)O1. The van der Waals surface area contributed by atoms with E-state index in [-0.39, 0.29) is 12.8 Å². The Bertz CT molecular complexity index is 305. The van der Waals surface area contributed by atoms with Gasteiger partial charge in [0, 0.05) is 0 Å². The summed E-state index contributed by atoms with van der Waals surface area (Å²) in [6.45, 7) is -0.747. The molecule has 0 radical (unpaired) electrons. The van der Waals surface area contributed by atoms with Crippen molar-refractivity contribution in [1.29, 1.82) is 0 Å². The molecule has 8 heteroatoms. The number of nitrogens with two attached hydrogens (primary N) is 1. The molecule has 1 aliphatic heterocycles. The third-order valence-electron chi connectivity index (χ3n) is 2.23. The van der Waals surface area contributed by atoms with Gasteiger partial charge >= 0.3 is 12.1 Å². The highest BCUT2D eigenvalue weighted by atomic mass is 19.4. The zero-order valence-electron chi connectivity index (χ0n) is 8.83. The van der Waals surface area contributed by atoms with Crippen molar-refractivity contribution in [3.63, 3.8) is 0 Å². The molecular weight excluding hydrogens is 243 g/mol. The quantitative estimate of drug-likeness (QED) is 0.742. The van der Waals surface area contributed by atoms with Gasteiger partial charge in [0.25, 0.3) is 0 Å². The van der Waals surface area contributed by atoms with Crippen LogP contribution in [0.3, 0.4) is 0 Å². The van der Waals surface area contributed by atoms with Crippen molar-refractivity contribution in [2.75, 3.05) is 6.61 Å². The first-order chi connectivity index (χ1) is 7.79. The first-order valence-electron chi connectivity index (χ1n) is 4.98. The Balaban J connectivity index is 2.28. The van der Waals surface area contributed by atoms with E-state index in [2.05, 4.69) is 4.74 Å². The van der Waals surface area contributed by atoms with Crippen molar-refractivity contribution in [2.45, 2.75) is 37.6 Å². The number of esters is 1. The van der Waals surface area contributed by atoms with Crippen molar-refractivity contribution in [3.8, 4) is 0 Å². The summed E-state index contributed by atoms with van der Waals surface area (Å²) in [5.74, 6) is -1.59. The number of ether oxygens (including phenoxy) is 2. The summed E-state index contributed by atoms with van der Waals surface area (Å²) < 4.78 is 44.6. The maximum atomic E-state index is 11.8. The molecule has 0 aliphatic carbocycles. The van der Waals surface area contributed by atoms with E-state index in [1.807, 2.05) is 0 Å². The topological polar surface area (TPSA) is 78.6 Å². The second-order valence-corrected chi connectivity index (χ2v) is 3.63. The third kappa shape index (κ3) is 4.59. The zero-order valence-corrected chi connectivity index (χ0v) is 8.83. The molecule has 1 heterocycles. The number of carbonyl (C=O) groups is 2. The lowest BCUT2D eigenvalue weighted by atomic mass is 10.2. The number of alkyl halides is 3. The molecular formula is C9H12F3NO4. The van der Waals surface area contributed by atoms with Gasteiger partial charge < -0.3 is 15.2 Å². The van der Waals surface area contributed by atoms with Crippen LogP contribution in [0.1, 0.15) is 19.3 Å². The molecule has 0 aromatic carbocycles. The van der Waals surface area contributed by atoms with Crippen LogP contribution in [-0.4, -0.2) is 36.9 Å². The number of carbonyl (C=O) groups excluding carboxylic acids is 2. The number of halogens is 3. The van der Waals surface area contributed by atoms with Crippen LogP contribution in [0.15, 0.2) is 0 Å². The fraction of sp³-hybridized carbons (Fsp3) is 0.778. The molecule has 5 nitrogen and oxygen atoms in total. The normalized spacial score (nSPS) is 24.6. The number of amides is 1. The van der Waals surface area contributed by atoms with E-state index in [1.165, 1.54) is 0 Å². The van der Waals surface area contributed by atoms with E-state index < -0.39 is 43.3 Å². The molecule has 0 spiro atoms. The molecule has 0 aromatic heterocycles. The van der Waals surface area contributed by atoms with E-state index in [0.29, 0.717) is 0 Å². The second-order valence-electron chi connectivity index (χ2n) is 3.63. The zero-order chi connectivity index (χ0) is 13.1. The average Bonchev–Trinajstić information content (AvgIpc) is 2.63. The number of hydrogen-bond donors (Lipinski definition) is 1. The molecule has 1 amide bonds. The number of hydrogen-bond acceptors (Lipinski definition) is 4. The molecule has 2 atom stereocenters. The van der Waals surface area contributed by atoms with Crippen molar-refractivity contribution in [2.24, 2.45) is 5.73 Å². The van der Waals surface area contributed by atoms with Crippen molar-refractivity contribution < 1.29 is 32.2 Å². The fourth-order valence-corrected chi connectivity index (χ4v) is 1.38. The highest BCUT2D eigenvalue weighted by Crippen LogP contribution is 2.22. The molecule has 98 valence electrons. The van der Waals surface area contributed by atoms with Gasteiger partial charge in [0.2, 0.25) is 5.91 Å². The van der Waals surface area contributed by atoms with Crippen LogP contribution in [0.4, 0.5) is 13.2 Å². The maximum absolute atomic E-state index is 11.8. The lowest BCUT2D eigenvalue weighted by Gasteiger charge is -2.12. The molecule has 1 fully saturated rings. The van der Waals surface area contributed by atoms with Gasteiger partial charge in [-0.3, -0.25) is 4.79 Å². The summed E-state index contributed by atoms with van der Waals surface area (Å²) in [5, 5.41) is 0. The molecule has 0 aromatic rings. The highest BCUT2D eigenvalue weighted by Gasteiger charge is 2.35.